The van der Waals surface area contributed by atoms with E-state index in [1.165, 1.54) is 17.7 Å². The maximum absolute atomic E-state index is 12.1. The fraction of sp³-hybridized carbons (Fsp3) is 0.400. The zero-order chi connectivity index (χ0) is 14.8. The minimum absolute atomic E-state index is 0.0840. The fourth-order valence-corrected chi connectivity index (χ4v) is 3.33. The van der Waals surface area contributed by atoms with E-state index in [2.05, 4.69) is 15.9 Å². The van der Waals surface area contributed by atoms with Crippen LogP contribution < -0.4 is 10.5 Å². The fourth-order valence-electron chi connectivity index (χ4n) is 1.36. The quantitative estimate of drug-likeness (QED) is 0.862. The molecule has 0 saturated carbocycles. The van der Waals surface area contributed by atoms with Crippen LogP contribution in [0.3, 0.4) is 0 Å². The molecule has 0 aliphatic heterocycles. The van der Waals surface area contributed by atoms with Gasteiger partial charge in [0.1, 0.15) is 6.54 Å². The molecule has 3 N–H and O–H groups in total. The number of sulfonamides is 1. The Morgan fingerprint density at radius 1 is 1.37 bits per heavy atom. The summed E-state index contributed by atoms with van der Waals surface area (Å²) in [5.41, 5.74) is 6.24. The van der Waals surface area contributed by atoms with Crippen LogP contribution in [-0.2, 0) is 16.6 Å². The smallest absolute Gasteiger partial charge is 0.326 e. The average Bonchev–Trinajstić information content (AvgIpc) is 2.29. The first-order valence-electron chi connectivity index (χ1n) is 5.12. The molecule has 9 heteroatoms. The minimum Gasteiger partial charge on any atom is -0.326 e. The van der Waals surface area contributed by atoms with E-state index in [1.54, 1.807) is 6.07 Å². The number of benzene rings is 1. The van der Waals surface area contributed by atoms with Gasteiger partial charge in [-0.15, -0.1) is 0 Å². The zero-order valence-corrected chi connectivity index (χ0v) is 12.3. The van der Waals surface area contributed by atoms with Crippen LogP contribution in [0.15, 0.2) is 21.5 Å². The maximum atomic E-state index is 12.1. The standard InChI is InChI=1S/C10H12BrF3N2O2S/c1-6-8(11)2-7(4-15)3-9(6)19(17,18)16-5-10(12,13)14/h2-3,16H,4-5,15H2,1H3. The molecule has 1 aromatic rings. The highest BCUT2D eigenvalue weighted by molar-refractivity contribution is 9.10. The first-order chi connectivity index (χ1) is 8.57. The number of halogens is 4. The van der Waals surface area contributed by atoms with Crippen molar-refractivity contribution in [2.45, 2.75) is 24.5 Å². The van der Waals surface area contributed by atoms with Crippen molar-refractivity contribution in [3.8, 4) is 0 Å². The lowest BCUT2D eigenvalue weighted by atomic mass is 10.1. The van der Waals surface area contributed by atoms with E-state index in [0.717, 1.165) is 0 Å². The summed E-state index contributed by atoms with van der Waals surface area (Å²) in [6.07, 6.45) is -4.61. The van der Waals surface area contributed by atoms with Gasteiger partial charge < -0.3 is 5.73 Å². The number of hydrogen-bond acceptors (Lipinski definition) is 3. The van der Waals surface area contributed by atoms with Gasteiger partial charge in [-0.1, -0.05) is 15.9 Å². The molecule has 0 spiro atoms. The predicted octanol–water partition coefficient (Wildman–Crippen LogP) is 2.06. The minimum atomic E-state index is -4.61. The number of alkyl halides is 3. The number of hydrogen-bond donors (Lipinski definition) is 2. The molecule has 19 heavy (non-hydrogen) atoms. The second kappa shape index (κ2) is 5.78. The highest BCUT2D eigenvalue weighted by Gasteiger charge is 2.30. The summed E-state index contributed by atoms with van der Waals surface area (Å²) in [6.45, 7) is -0.0353. The van der Waals surface area contributed by atoms with Crippen LogP contribution in [0.2, 0.25) is 0 Å². The van der Waals surface area contributed by atoms with Gasteiger partial charge in [0, 0.05) is 11.0 Å². The maximum Gasteiger partial charge on any atom is 0.402 e. The van der Waals surface area contributed by atoms with Crippen LogP contribution in [0.1, 0.15) is 11.1 Å². The monoisotopic (exact) mass is 360 g/mol. The normalized spacial score (nSPS) is 12.7. The first kappa shape index (κ1) is 16.4. The molecule has 4 nitrogen and oxygen atoms in total. The van der Waals surface area contributed by atoms with Crippen molar-refractivity contribution in [1.82, 2.24) is 4.72 Å². The van der Waals surface area contributed by atoms with Crippen LogP contribution in [0.4, 0.5) is 13.2 Å². The summed E-state index contributed by atoms with van der Waals surface area (Å²) in [7, 11) is -4.23. The van der Waals surface area contributed by atoms with Crippen molar-refractivity contribution in [2.24, 2.45) is 5.73 Å². The summed E-state index contributed by atoms with van der Waals surface area (Å²) in [5, 5.41) is 0. The van der Waals surface area contributed by atoms with Crippen LogP contribution >= 0.6 is 15.9 Å². The van der Waals surface area contributed by atoms with Gasteiger partial charge in [-0.3, -0.25) is 0 Å². The summed E-state index contributed by atoms with van der Waals surface area (Å²) >= 11 is 3.15. The van der Waals surface area contributed by atoms with Gasteiger partial charge >= 0.3 is 6.18 Å². The molecule has 0 aliphatic carbocycles. The van der Waals surface area contributed by atoms with Crippen molar-refractivity contribution < 1.29 is 21.6 Å². The van der Waals surface area contributed by atoms with Gasteiger partial charge in [-0.2, -0.15) is 13.2 Å². The topological polar surface area (TPSA) is 72.2 Å². The molecule has 0 atom stereocenters. The Bertz CT molecular complexity index is 573. The van der Waals surface area contributed by atoms with Gasteiger partial charge in [0.15, 0.2) is 0 Å². The van der Waals surface area contributed by atoms with Crippen molar-refractivity contribution in [1.29, 1.82) is 0 Å². The van der Waals surface area contributed by atoms with Gasteiger partial charge in [0.2, 0.25) is 10.0 Å². The zero-order valence-electron chi connectivity index (χ0n) is 9.88. The Morgan fingerprint density at radius 2 is 1.95 bits per heavy atom. The van der Waals surface area contributed by atoms with Crippen molar-refractivity contribution in [3.63, 3.8) is 0 Å². The van der Waals surface area contributed by atoms with Crippen LogP contribution in [0.25, 0.3) is 0 Å². The Morgan fingerprint density at radius 3 is 2.42 bits per heavy atom. The highest BCUT2D eigenvalue weighted by Crippen LogP contribution is 2.26. The third kappa shape index (κ3) is 4.44. The Kier molecular flexibility index (Phi) is 4.99. The SMILES string of the molecule is Cc1c(Br)cc(CN)cc1S(=O)(=O)NCC(F)(F)F. The number of rotatable bonds is 4. The second-order valence-electron chi connectivity index (χ2n) is 3.84. The Hall–Kier alpha value is -0.640. The van der Waals surface area contributed by atoms with E-state index in [4.69, 9.17) is 5.73 Å². The third-order valence-electron chi connectivity index (χ3n) is 2.34. The Balaban J connectivity index is 3.17. The molecule has 0 heterocycles. The van der Waals surface area contributed by atoms with E-state index >= 15 is 0 Å². The van der Waals surface area contributed by atoms with Crippen molar-refractivity contribution in [2.75, 3.05) is 6.54 Å². The van der Waals surface area contributed by atoms with E-state index < -0.39 is 22.7 Å². The molecule has 0 bridgehead atoms. The predicted molar refractivity (Wildman–Crippen MR) is 68.0 cm³/mol. The lowest BCUT2D eigenvalue weighted by Crippen LogP contribution is -2.34. The van der Waals surface area contributed by atoms with Crippen molar-refractivity contribution in [3.05, 3.63) is 27.7 Å². The average molecular weight is 361 g/mol. The molecule has 0 unspecified atom stereocenters. The van der Waals surface area contributed by atoms with E-state index in [1.807, 2.05) is 0 Å². The lowest BCUT2D eigenvalue weighted by Gasteiger charge is -2.13. The molecule has 0 amide bonds. The molecule has 1 rings (SSSR count). The van der Waals surface area contributed by atoms with Gasteiger partial charge in [0.25, 0.3) is 0 Å². The molecule has 0 radical (unpaired) electrons. The van der Waals surface area contributed by atoms with E-state index in [9.17, 15) is 21.6 Å². The second-order valence-corrected chi connectivity index (χ2v) is 6.43. The molecule has 0 saturated heterocycles. The van der Waals surface area contributed by atoms with E-state index in [-0.39, 0.29) is 11.4 Å². The first-order valence-corrected chi connectivity index (χ1v) is 7.40. The summed E-state index contributed by atoms with van der Waals surface area (Å²) < 4.78 is 61.9. The van der Waals surface area contributed by atoms with Gasteiger partial charge in [0.05, 0.1) is 4.90 Å². The lowest BCUT2D eigenvalue weighted by molar-refractivity contribution is -0.121. The van der Waals surface area contributed by atoms with Crippen molar-refractivity contribution >= 4 is 26.0 Å². The van der Waals surface area contributed by atoms with Gasteiger partial charge in [-0.25, -0.2) is 13.1 Å². The molecule has 0 fully saturated rings. The van der Waals surface area contributed by atoms with Crippen LogP contribution in [0.5, 0.6) is 0 Å². The van der Waals surface area contributed by atoms with Crippen LogP contribution in [-0.4, -0.2) is 21.1 Å². The molecule has 0 aliphatic rings. The number of nitrogens with one attached hydrogen (secondary N) is 1. The van der Waals surface area contributed by atoms with Gasteiger partial charge in [-0.05, 0) is 30.2 Å². The summed E-state index contributed by atoms with van der Waals surface area (Å²) in [6, 6.07) is 2.89. The van der Waals surface area contributed by atoms with E-state index in [0.29, 0.717) is 15.6 Å². The molecule has 1 aromatic carbocycles. The highest BCUT2D eigenvalue weighted by atomic mass is 79.9. The molecular formula is C10H12BrF3N2O2S. The number of nitrogens with two attached hydrogens (primary N) is 1. The summed E-state index contributed by atoms with van der Waals surface area (Å²) in [5.74, 6) is 0. The molecular weight excluding hydrogens is 349 g/mol. The molecule has 108 valence electrons. The summed E-state index contributed by atoms with van der Waals surface area (Å²) in [4.78, 5) is -0.216. The third-order valence-corrected chi connectivity index (χ3v) is 4.70. The largest absolute Gasteiger partial charge is 0.402 e. The van der Waals surface area contributed by atoms with Crippen LogP contribution in [0, 0.1) is 6.92 Å². The Labute approximate surface area is 117 Å². The molecule has 0 aromatic heterocycles.